The molecule has 0 saturated carbocycles. The Balaban J connectivity index is 1.86. The third-order valence-electron chi connectivity index (χ3n) is 4.64. The molecule has 2 aliphatic heterocycles. The second-order valence-electron chi connectivity index (χ2n) is 6.47. The molecule has 132 valence electrons. The first-order valence-electron chi connectivity index (χ1n) is 8.09. The predicted molar refractivity (Wildman–Crippen MR) is 93.8 cm³/mol. The van der Waals surface area contributed by atoms with Gasteiger partial charge in [0.25, 0.3) is 5.91 Å². The molecule has 0 spiro atoms. The van der Waals surface area contributed by atoms with E-state index < -0.39 is 9.84 Å². The Kier molecular flexibility index (Phi) is 5.15. The lowest BCUT2D eigenvalue weighted by molar-refractivity contribution is -0.0525. The van der Waals surface area contributed by atoms with Crippen molar-refractivity contribution in [2.45, 2.75) is 12.5 Å². The molecule has 3 rings (SSSR count). The van der Waals surface area contributed by atoms with Crippen LogP contribution in [0.5, 0.6) is 0 Å². The van der Waals surface area contributed by atoms with E-state index in [2.05, 4.69) is 4.90 Å². The van der Waals surface area contributed by atoms with Gasteiger partial charge in [-0.1, -0.05) is 11.6 Å². The topological polar surface area (TPSA) is 60.9 Å². The molecule has 0 aromatic heterocycles. The number of nitrogens with zero attached hydrogens (tertiary/aromatic N) is 3. The summed E-state index contributed by atoms with van der Waals surface area (Å²) < 4.78 is 23.8. The lowest BCUT2D eigenvalue weighted by atomic mass is 10.1. The third-order valence-corrected chi connectivity index (χ3v) is 6.64. The zero-order valence-corrected chi connectivity index (χ0v) is 15.3. The molecule has 0 bridgehead atoms. The molecule has 2 aliphatic rings. The first kappa shape index (κ1) is 17.7. The largest absolute Gasteiger partial charge is 0.304 e. The van der Waals surface area contributed by atoms with Crippen LogP contribution in [-0.2, 0) is 9.84 Å². The van der Waals surface area contributed by atoms with E-state index in [0.717, 1.165) is 13.1 Å². The minimum absolute atomic E-state index is 0.0403. The molecule has 6 nitrogen and oxygen atoms in total. The lowest BCUT2D eigenvalue weighted by Gasteiger charge is -2.42. The number of amides is 1. The standard InChI is InChI=1S/C16H22ClN3O3S/c1-18-7-9-19(10-8-18)20(15-6-11-24(22,23)12-15)16(21)13-2-4-14(17)5-3-13/h2-5,15H,6-12H2,1H3. The summed E-state index contributed by atoms with van der Waals surface area (Å²) in [6, 6.07) is 6.46. The number of halogens is 1. The summed E-state index contributed by atoms with van der Waals surface area (Å²) in [5.74, 6) is 0.0346. The molecule has 24 heavy (non-hydrogen) atoms. The average Bonchev–Trinajstić information content (AvgIpc) is 2.90. The number of likely N-dealkylation sites (N-methyl/N-ethyl adjacent to an activating group) is 1. The number of rotatable bonds is 3. The second kappa shape index (κ2) is 7.00. The Morgan fingerprint density at radius 3 is 2.33 bits per heavy atom. The van der Waals surface area contributed by atoms with Crippen molar-refractivity contribution in [3.63, 3.8) is 0 Å². The predicted octanol–water partition coefficient (Wildman–Crippen LogP) is 1.13. The Morgan fingerprint density at radius 2 is 1.79 bits per heavy atom. The van der Waals surface area contributed by atoms with Crippen LogP contribution in [0.2, 0.25) is 5.02 Å². The number of benzene rings is 1. The summed E-state index contributed by atoms with van der Waals surface area (Å²) in [7, 11) is -1.02. The Morgan fingerprint density at radius 1 is 1.17 bits per heavy atom. The summed E-state index contributed by atoms with van der Waals surface area (Å²) in [4.78, 5) is 15.3. The van der Waals surface area contributed by atoms with Crippen molar-refractivity contribution in [2.75, 3.05) is 44.7 Å². The molecule has 2 saturated heterocycles. The molecule has 1 atom stereocenters. The van der Waals surface area contributed by atoms with Gasteiger partial charge in [-0.3, -0.25) is 9.80 Å². The van der Waals surface area contributed by atoms with Crippen molar-refractivity contribution in [3.05, 3.63) is 34.9 Å². The number of hydrogen-bond acceptors (Lipinski definition) is 5. The number of carbonyl (C=O) groups is 1. The molecule has 0 N–H and O–H groups in total. The van der Waals surface area contributed by atoms with Crippen molar-refractivity contribution >= 4 is 27.3 Å². The van der Waals surface area contributed by atoms with Crippen LogP contribution in [0.4, 0.5) is 0 Å². The summed E-state index contributed by atoms with van der Waals surface area (Å²) in [5, 5.41) is 4.25. The van der Waals surface area contributed by atoms with Gasteiger partial charge in [-0.15, -0.1) is 0 Å². The van der Waals surface area contributed by atoms with Crippen LogP contribution in [0.1, 0.15) is 16.8 Å². The second-order valence-corrected chi connectivity index (χ2v) is 9.14. The summed E-state index contributed by atoms with van der Waals surface area (Å²) >= 11 is 5.91. The summed E-state index contributed by atoms with van der Waals surface area (Å²) in [6.07, 6.45) is 0.494. The van der Waals surface area contributed by atoms with Crippen LogP contribution in [0.3, 0.4) is 0 Å². The van der Waals surface area contributed by atoms with E-state index >= 15 is 0 Å². The Bertz CT molecular complexity index is 700. The van der Waals surface area contributed by atoms with Gasteiger partial charge in [-0.05, 0) is 37.7 Å². The van der Waals surface area contributed by atoms with Crippen LogP contribution in [-0.4, -0.2) is 80.0 Å². The van der Waals surface area contributed by atoms with Gasteiger partial charge < -0.3 is 4.90 Å². The molecule has 1 aromatic rings. The highest BCUT2D eigenvalue weighted by molar-refractivity contribution is 7.91. The number of piperazine rings is 1. The van der Waals surface area contributed by atoms with Gasteiger partial charge >= 0.3 is 0 Å². The average molecular weight is 372 g/mol. The van der Waals surface area contributed by atoms with E-state index in [1.54, 1.807) is 29.3 Å². The Labute approximate surface area is 147 Å². The maximum absolute atomic E-state index is 13.1. The molecule has 0 radical (unpaired) electrons. The van der Waals surface area contributed by atoms with Gasteiger partial charge in [0.1, 0.15) is 0 Å². The minimum Gasteiger partial charge on any atom is -0.304 e. The van der Waals surface area contributed by atoms with Gasteiger partial charge in [0.05, 0.1) is 17.5 Å². The molecule has 1 amide bonds. The van der Waals surface area contributed by atoms with E-state index in [9.17, 15) is 13.2 Å². The van der Waals surface area contributed by atoms with Gasteiger partial charge in [0.2, 0.25) is 0 Å². The van der Waals surface area contributed by atoms with E-state index in [1.807, 2.05) is 12.1 Å². The highest BCUT2D eigenvalue weighted by Crippen LogP contribution is 2.23. The summed E-state index contributed by atoms with van der Waals surface area (Å²) in [5.41, 5.74) is 0.530. The van der Waals surface area contributed by atoms with E-state index in [1.165, 1.54) is 0 Å². The normalized spacial score (nSPS) is 24.8. The molecule has 1 unspecified atom stereocenters. The number of hydrazine groups is 1. The molecule has 2 heterocycles. The fourth-order valence-corrected chi connectivity index (χ4v) is 5.05. The maximum atomic E-state index is 13.1. The lowest BCUT2D eigenvalue weighted by Crippen LogP contribution is -2.58. The monoisotopic (exact) mass is 371 g/mol. The highest BCUT2D eigenvalue weighted by Gasteiger charge is 2.38. The highest BCUT2D eigenvalue weighted by atomic mass is 35.5. The molecule has 1 aromatic carbocycles. The quantitative estimate of drug-likeness (QED) is 0.797. The summed E-state index contributed by atoms with van der Waals surface area (Å²) in [6.45, 7) is 3.13. The van der Waals surface area contributed by atoms with Gasteiger partial charge in [0, 0.05) is 36.8 Å². The Hall–Kier alpha value is -1.15. The first-order valence-corrected chi connectivity index (χ1v) is 10.3. The maximum Gasteiger partial charge on any atom is 0.268 e. The molecular weight excluding hydrogens is 350 g/mol. The third kappa shape index (κ3) is 3.91. The molecule has 8 heteroatoms. The number of hydrogen-bond donors (Lipinski definition) is 0. The first-order chi connectivity index (χ1) is 11.4. The zero-order chi connectivity index (χ0) is 17.3. The fraction of sp³-hybridized carbons (Fsp3) is 0.562. The van der Waals surface area contributed by atoms with Gasteiger partial charge in [-0.2, -0.15) is 0 Å². The van der Waals surface area contributed by atoms with Crippen LogP contribution >= 0.6 is 11.6 Å². The van der Waals surface area contributed by atoms with Crippen LogP contribution in [0.15, 0.2) is 24.3 Å². The van der Waals surface area contributed by atoms with Crippen LogP contribution < -0.4 is 0 Å². The number of carbonyl (C=O) groups excluding carboxylic acids is 1. The van der Waals surface area contributed by atoms with E-state index in [4.69, 9.17) is 11.6 Å². The van der Waals surface area contributed by atoms with Gasteiger partial charge in [-0.25, -0.2) is 13.4 Å². The van der Waals surface area contributed by atoms with Crippen LogP contribution in [0, 0.1) is 0 Å². The van der Waals surface area contributed by atoms with Crippen molar-refractivity contribution in [2.24, 2.45) is 0 Å². The zero-order valence-electron chi connectivity index (χ0n) is 13.7. The van der Waals surface area contributed by atoms with Crippen molar-refractivity contribution in [1.82, 2.24) is 14.9 Å². The fourth-order valence-electron chi connectivity index (χ4n) is 3.23. The smallest absolute Gasteiger partial charge is 0.268 e. The molecule has 0 aliphatic carbocycles. The van der Waals surface area contributed by atoms with Crippen molar-refractivity contribution in [1.29, 1.82) is 0 Å². The SMILES string of the molecule is CN1CCN(N(C(=O)c2ccc(Cl)cc2)C2CCS(=O)(=O)C2)CC1. The van der Waals surface area contributed by atoms with Crippen LogP contribution in [0.25, 0.3) is 0 Å². The number of sulfone groups is 1. The molecule has 2 fully saturated rings. The van der Waals surface area contributed by atoms with E-state index in [0.29, 0.717) is 30.1 Å². The van der Waals surface area contributed by atoms with Crippen molar-refractivity contribution in [3.8, 4) is 0 Å². The van der Waals surface area contributed by atoms with Crippen molar-refractivity contribution < 1.29 is 13.2 Å². The van der Waals surface area contributed by atoms with Gasteiger partial charge in [0.15, 0.2) is 9.84 Å². The minimum atomic E-state index is -3.06. The molecular formula is C16H22ClN3O3S. The van der Waals surface area contributed by atoms with E-state index in [-0.39, 0.29) is 23.5 Å².